The maximum absolute atomic E-state index is 12.6. The Hall–Kier alpha value is -1.36. The quantitative estimate of drug-likeness (QED) is 0.751. The average Bonchev–Trinajstić information content (AvgIpc) is 2.86. The number of rotatable bonds is 1. The van der Waals surface area contributed by atoms with E-state index < -0.39 is 5.60 Å². The summed E-state index contributed by atoms with van der Waals surface area (Å²) in [7, 11) is 0. The normalized spacial score (nSPS) is 27.9. The minimum Gasteiger partial charge on any atom is -0.365 e. The number of imidazole rings is 1. The maximum atomic E-state index is 12.6. The van der Waals surface area contributed by atoms with E-state index in [-0.39, 0.29) is 5.91 Å². The molecule has 18 heavy (non-hydrogen) atoms. The van der Waals surface area contributed by atoms with Gasteiger partial charge in [0.15, 0.2) is 0 Å². The topological polar surface area (TPSA) is 47.4 Å². The fraction of sp³-hybridized carbons (Fsp3) is 0.692. The first-order valence-corrected chi connectivity index (χ1v) is 6.61. The fourth-order valence-corrected chi connectivity index (χ4v) is 2.79. The Labute approximate surface area is 107 Å². The van der Waals surface area contributed by atoms with Gasteiger partial charge < -0.3 is 14.2 Å². The third kappa shape index (κ3) is 1.92. The Morgan fingerprint density at radius 3 is 3.11 bits per heavy atom. The first kappa shape index (κ1) is 11.7. The lowest BCUT2D eigenvalue weighted by atomic mass is 9.94. The van der Waals surface area contributed by atoms with Gasteiger partial charge in [0.25, 0.3) is 5.91 Å². The molecule has 3 heterocycles. The largest absolute Gasteiger partial charge is 0.365 e. The van der Waals surface area contributed by atoms with Gasteiger partial charge in [-0.3, -0.25) is 4.79 Å². The van der Waals surface area contributed by atoms with Crippen LogP contribution < -0.4 is 0 Å². The number of amides is 1. The molecule has 5 nitrogen and oxygen atoms in total. The molecule has 1 aromatic heterocycles. The van der Waals surface area contributed by atoms with Gasteiger partial charge in [-0.1, -0.05) is 0 Å². The lowest BCUT2D eigenvalue weighted by Crippen LogP contribution is -2.52. The molecule has 0 radical (unpaired) electrons. The van der Waals surface area contributed by atoms with Crippen molar-refractivity contribution in [2.75, 3.05) is 13.2 Å². The second-order valence-electron chi connectivity index (χ2n) is 5.34. The van der Waals surface area contributed by atoms with Crippen LogP contribution in [0.1, 0.15) is 31.9 Å². The Bertz CT molecular complexity index is 449. The van der Waals surface area contributed by atoms with E-state index in [9.17, 15) is 4.79 Å². The number of nitrogens with zero attached hydrogens (tertiary/aromatic N) is 3. The summed E-state index contributed by atoms with van der Waals surface area (Å²) in [6.45, 7) is 4.87. The molecule has 1 saturated heterocycles. The van der Waals surface area contributed by atoms with Crippen molar-refractivity contribution in [3.8, 4) is 0 Å². The molecule has 0 saturated carbocycles. The van der Waals surface area contributed by atoms with Crippen molar-refractivity contribution in [1.82, 2.24) is 14.5 Å². The lowest BCUT2D eigenvalue weighted by Gasteiger charge is -2.38. The van der Waals surface area contributed by atoms with Crippen molar-refractivity contribution < 1.29 is 9.53 Å². The van der Waals surface area contributed by atoms with Crippen LogP contribution in [0.15, 0.2) is 12.5 Å². The molecule has 3 rings (SSSR count). The van der Waals surface area contributed by atoms with Crippen molar-refractivity contribution in [2.24, 2.45) is 0 Å². The highest BCUT2D eigenvalue weighted by Gasteiger charge is 2.39. The Morgan fingerprint density at radius 1 is 1.44 bits per heavy atom. The van der Waals surface area contributed by atoms with E-state index in [2.05, 4.69) is 9.55 Å². The second kappa shape index (κ2) is 4.39. The van der Waals surface area contributed by atoms with Gasteiger partial charge in [-0.25, -0.2) is 4.98 Å². The first-order chi connectivity index (χ1) is 8.69. The van der Waals surface area contributed by atoms with Crippen LogP contribution in [-0.2, 0) is 22.6 Å². The van der Waals surface area contributed by atoms with E-state index in [1.165, 1.54) is 0 Å². The SMILES string of the molecule is C[C@]1(C(=O)N2CCn3cncc3C2)CCCCO1. The van der Waals surface area contributed by atoms with Gasteiger partial charge in [0.05, 0.1) is 18.6 Å². The average molecular weight is 249 g/mol. The van der Waals surface area contributed by atoms with Crippen molar-refractivity contribution in [3.05, 3.63) is 18.2 Å². The van der Waals surface area contributed by atoms with Crippen molar-refractivity contribution in [1.29, 1.82) is 0 Å². The summed E-state index contributed by atoms with van der Waals surface area (Å²) >= 11 is 0. The molecule has 2 aliphatic rings. The Kier molecular flexibility index (Phi) is 2.86. The molecule has 5 heteroatoms. The van der Waals surface area contributed by atoms with Crippen LogP contribution in [0.5, 0.6) is 0 Å². The van der Waals surface area contributed by atoms with Gasteiger partial charge >= 0.3 is 0 Å². The molecule has 2 aliphatic heterocycles. The van der Waals surface area contributed by atoms with E-state index >= 15 is 0 Å². The number of fused-ring (bicyclic) bond motifs is 1. The van der Waals surface area contributed by atoms with Crippen molar-refractivity contribution >= 4 is 5.91 Å². The summed E-state index contributed by atoms with van der Waals surface area (Å²) in [5.74, 6) is 0.134. The molecule has 0 spiro atoms. The minimum absolute atomic E-state index is 0.134. The molecule has 0 N–H and O–H groups in total. The van der Waals surface area contributed by atoms with Crippen molar-refractivity contribution in [2.45, 2.75) is 44.9 Å². The van der Waals surface area contributed by atoms with Gasteiger partial charge in [-0.05, 0) is 26.2 Å². The zero-order valence-electron chi connectivity index (χ0n) is 10.8. The standard InChI is InChI=1S/C13H19N3O2/c1-13(4-2-3-7-18-13)12(17)15-5-6-16-10-14-8-11(16)9-15/h8,10H,2-7,9H2,1H3/t13-/m1/s1. The number of aromatic nitrogens is 2. The summed E-state index contributed by atoms with van der Waals surface area (Å²) in [5, 5.41) is 0. The van der Waals surface area contributed by atoms with E-state index in [1.807, 2.05) is 24.3 Å². The third-order valence-corrected chi connectivity index (χ3v) is 3.97. The molecule has 0 aromatic carbocycles. The summed E-state index contributed by atoms with van der Waals surface area (Å²) in [6.07, 6.45) is 6.64. The summed E-state index contributed by atoms with van der Waals surface area (Å²) < 4.78 is 7.84. The summed E-state index contributed by atoms with van der Waals surface area (Å²) in [4.78, 5) is 18.6. The molecular formula is C13H19N3O2. The van der Waals surface area contributed by atoms with Crippen LogP contribution in [-0.4, -0.2) is 39.1 Å². The van der Waals surface area contributed by atoms with Crippen LogP contribution in [0, 0.1) is 0 Å². The minimum atomic E-state index is -0.611. The molecule has 1 fully saturated rings. The van der Waals surface area contributed by atoms with Gasteiger partial charge in [-0.2, -0.15) is 0 Å². The van der Waals surface area contributed by atoms with Crippen LogP contribution in [0.4, 0.5) is 0 Å². The Balaban J connectivity index is 1.74. The third-order valence-electron chi connectivity index (χ3n) is 3.97. The fourth-order valence-electron chi connectivity index (χ4n) is 2.79. The number of hydrogen-bond donors (Lipinski definition) is 0. The van der Waals surface area contributed by atoms with E-state index in [4.69, 9.17) is 4.74 Å². The number of ether oxygens (including phenoxy) is 1. The van der Waals surface area contributed by atoms with Crippen LogP contribution in [0.2, 0.25) is 0 Å². The van der Waals surface area contributed by atoms with E-state index in [1.54, 1.807) is 0 Å². The summed E-state index contributed by atoms with van der Waals surface area (Å²) in [6, 6.07) is 0. The molecule has 1 aromatic rings. The molecule has 0 aliphatic carbocycles. The molecule has 1 amide bonds. The zero-order chi connectivity index (χ0) is 12.6. The molecular weight excluding hydrogens is 230 g/mol. The van der Waals surface area contributed by atoms with Gasteiger partial charge in [0.2, 0.25) is 0 Å². The molecule has 0 unspecified atom stereocenters. The predicted octanol–water partition coefficient (Wildman–Crippen LogP) is 1.18. The highest BCUT2D eigenvalue weighted by Crippen LogP contribution is 2.28. The maximum Gasteiger partial charge on any atom is 0.254 e. The van der Waals surface area contributed by atoms with E-state index in [0.717, 1.165) is 38.0 Å². The summed E-state index contributed by atoms with van der Waals surface area (Å²) in [5.41, 5.74) is 0.495. The zero-order valence-corrected chi connectivity index (χ0v) is 10.8. The van der Waals surface area contributed by atoms with Crippen LogP contribution in [0.25, 0.3) is 0 Å². The lowest BCUT2D eigenvalue weighted by molar-refractivity contribution is -0.163. The molecule has 98 valence electrons. The predicted molar refractivity (Wildman–Crippen MR) is 65.9 cm³/mol. The number of carbonyl (C=O) groups is 1. The van der Waals surface area contributed by atoms with E-state index in [0.29, 0.717) is 13.2 Å². The monoisotopic (exact) mass is 249 g/mol. The first-order valence-electron chi connectivity index (χ1n) is 6.61. The number of hydrogen-bond acceptors (Lipinski definition) is 3. The van der Waals surface area contributed by atoms with Gasteiger partial charge in [0.1, 0.15) is 5.60 Å². The van der Waals surface area contributed by atoms with Gasteiger partial charge in [-0.15, -0.1) is 0 Å². The molecule has 1 atom stereocenters. The van der Waals surface area contributed by atoms with Gasteiger partial charge in [0, 0.05) is 25.9 Å². The van der Waals surface area contributed by atoms with Crippen molar-refractivity contribution in [3.63, 3.8) is 0 Å². The smallest absolute Gasteiger partial charge is 0.254 e. The van der Waals surface area contributed by atoms with Crippen LogP contribution >= 0.6 is 0 Å². The molecule has 0 bridgehead atoms. The number of carbonyl (C=O) groups excluding carboxylic acids is 1. The Morgan fingerprint density at radius 2 is 2.33 bits per heavy atom. The van der Waals surface area contributed by atoms with Crippen LogP contribution in [0.3, 0.4) is 0 Å². The second-order valence-corrected chi connectivity index (χ2v) is 5.34. The highest BCUT2D eigenvalue weighted by molar-refractivity contribution is 5.85. The highest BCUT2D eigenvalue weighted by atomic mass is 16.5.